The summed E-state index contributed by atoms with van der Waals surface area (Å²) in [4.78, 5) is 12.0. The van der Waals surface area contributed by atoms with E-state index in [0.29, 0.717) is 6.04 Å². The number of rotatable bonds is 4. The third-order valence-electron chi connectivity index (χ3n) is 3.37. The van der Waals surface area contributed by atoms with Crippen molar-refractivity contribution in [3.05, 3.63) is 12.4 Å². The molecule has 2 heterocycles. The Balaban J connectivity index is 1.99. The smallest absolute Gasteiger partial charge is 0.231 e. The molecule has 1 amide bonds. The van der Waals surface area contributed by atoms with Gasteiger partial charge in [0.1, 0.15) is 0 Å². The summed E-state index contributed by atoms with van der Waals surface area (Å²) >= 11 is 5.79. The summed E-state index contributed by atoms with van der Waals surface area (Å²) in [6.07, 6.45) is 5.47. The molecule has 2 rings (SSSR count). The highest BCUT2D eigenvalue weighted by Crippen LogP contribution is 2.23. The van der Waals surface area contributed by atoms with E-state index in [2.05, 4.69) is 10.4 Å². The zero-order chi connectivity index (χ0) is 13.9. The van der Waals surface area contributed by atoms with Gasteiger partial charge in [-0.2, -0.15) is 5.10 Å². The molecule has 0 aliphatic carbocycles. The Kier molecular flexibility index (Phi) is 4.47. The van der Waals surface area contributed by atoms with Gasteiger partial charge in [0.2, 0.25) is 5.91 Å². The largest absolute Gasteiger partial charge is 0.381 e. The lowest BCUT2D eigenvalue weighted by Gasteiger charge is -2.22. The molecule has 1 aromatic heterocycles. The Morgan fingerprint density at radius 3 is 2.89 bits per heavy atom. The quantitative estimate of drug-likeness (QED) is 0.865. The van der Waals surface area contributed by atoms with Gasteiger partial charge in [0.05, 0.1) is 23.3 Å². The van der Waals surface area contributed by atoms with Crippen LogP contribution in [0.3, 0.4) is 0 Å². The molecule has 0 spiro atoms. The van der Waals surface area contributed by atoms with Crippen LogP contribution in [0.15, 0.2) is 12.4 Å². The third kappa shape index (κ3) is 3.48. The van der Waals surface area contributed by atoms with E-state index in [-0.39, 0.29) is 11.8 Å². The molecule has 1 aliphatic rings. The predicted molar refractivity (Wildman–Crippen MR) is 74.4 cm³/mol. The van der Waals surface area contributed by atoms with Crippen LogP contribution >= 0.6 is 11.6 Å². The number of amides is 1. The van der Waals surface area contributed by atoms with Crippen molar-refractivity contribution in [2.45, 2.75) is 32.7 Å². The number of halogens is 1. The fraction of sp³-hybridized carbons (Fsp3) is 0.692. The Bertz CT molecular complexity index is 439. The van der Waals surface area contributed by atoms with Gasteiger partial charge >= 0.3 is 0 Å². The van der Waals surface area contributed by atoms with Gasteiger partial charge in [-0.1, -0.05) is 0 Å². The summed E-state index contributed by atoms with van der Waals surface area (Å²) in [5.41, 5.74) is 0.136. The minimum absolute atomic E-state index is 0.0889. The van der Waals surface area contributed by atoms with Gasteiger partial charge in [-0.3, -0.25) is 9.48 Å². The third-order valence-corrected chi connectivity index (χ3v) is 4.04. The molecule has 19 heavy (non-hydrogen) atoms. The molecule has 0 atom stereocenters. The molecule has 0 saturated carbocycles. The van der Waals surface area contributed by atoms with Crippen molar-refractivity contribution in [3.63, 3.8) is 0 Å². The van der Waals surface area contributed by atoms with Crippen molar-refractivity contribution in [3.8, 4) is 0 Å². The second kappa shape index (κ2) is 5.92. The lowest BCUT2D eigenvalue weighted by molar-refractivity contribution is -0.122. The van der Waals surface area contributed by atoms with Crippen LogP contribution < -0.4 is 5.32 Å². The number of nitrogens with zero attached hydrogens (tertiary/aromatic N) is 2. The number of alkyl halides is 1. The molecular weight excluding hydrogens is 266 g/mol. The van der Waals surface area contributed by atoms with Crippen molar-refractivity contribution in [1.29, 1.82) is 0 Å². The molecule has 0 unspecified atom stereocenters. The number of aromatic nitrogens is 2. The first-order chi connectivity index (χ1) is 9.03. The number of carbonyl (C=O) groups is 1. The lowest BCUT2D eigenvalue weighted by atomic mass is 9.95. The number of hydrogen-bond donors (Lipinski definition) is 1. The molecule has 1 aromatic rings. The van der Waals surface area contributed by atoms with E-state index < -0.39 is 5.41 Å². The van der Waals surface area contributed by atoms with Gasteiger partial charge in [-0.25, -0.2) is 0 Å². The minimum atomic E-state index is -0.581. The van der Waals surface area contributed by atoms with Crippen molar-refractivity contribution >= 4 is 23.2 Å². The first-order valence-electron chi connectivity index (χ1n) is 6.52. The van der Waals surface area contributed by atoms with Crippen molar-refractivity contribution in [2.24, 2.45) is 5.41 Å². The summed E-state index contributed by atoms with van der Waals surface area (Å²) in [6.45, 7) is 5.17. The highest BCUT2D eigenvalue weighted by molar-refractivity contribution is 6.20. The van der Waals surface area contributed by atoms with E-state index in [0.717, 1.165) is 31.7 Å². The number of hydrogen-bond acceptors (Lipinski definition) is 3. The van der Waals surface area contributed by atoms with Crippen molar-refractivity contribution in [2.75, 3.05) is 24.4 Å². The molecule has 1 saturated heterocycles. The van der Waals surface area contributed by atoms with Crippen LogP contribution in [-0.2, 0) is 9.53 Å². The lowest BCUT2D eigenvalue weighted by Crippen LogP contribution is -2.32. The summed E-state index contributed by atoms with van der Waals surface area (Å²) in [5, 5.41) is 7.17. The maximum absolute atomic E-state index is 12.0. The Morgan fingerprint density at radius 1 is 1.58 bits per heavy atom. The molecule has 1 N–H and O–H groups in total. The molecule has 1 fully saturated rings. The fourth-order valence-corrected chi connectivity index (χ4v) is 2.03. The van der Waals surface area contributed by atoms with Crippen LogP contribution in [0.4, 0.5) is 5.69 Å². The predicted octanol–water partition coefficient (Wildman–Crippen LogP) is 2.44. The summed E-state index contributed by atoms with van der Waals surface area (Å²) in [6, 6.07) is 0.362. The summed E-state index contributed by atoms with van der Waals surface area (Å²) in [5.74, 6) is 0.196. The number of ether oxygens (including phenoxy) is 1. The van der Waals surface area contributed by atoms with Crippen LogP contribution in [0.5, 0.6) is 0 Å². The molecule has 1 aliphatic heterocycles. The second-order valence-corrected chi connectivity index (χ2v) is 5.79. The summed E-state index contributed by atoms with van der Waals surface area (Å²) in [7, 11) is 0. The van der Waals surface area contributed by atoms with E-state index in [1.54, 1.807) is 6.20 Å². The maximum atomic E-state index is 12.0. The number of anilines is 1. The molecule has 0 radical (unpaired) electrons. The van der Waals surface area contributed by atoms with Gasteiger partial charge in [0, 0.05) is 25.3 Å². The van der Waals surface area contributed by atoms with Crippen LogP contribution in [0, 0.1) is 5.41 Å². The van der Waals surface area contributed by atoms with Gasteiger partial charge in [-0.15, -0.1) is 11.6 Å². The first kappa shape index (κ1) is 14.3. The SMILES string of the molecule is CC(C)(CCl)C(=O)Nc1cnn(C2CCOCC2)c1. The second-order valence-electron chi connectivity index (χ2n) is 5.52. The van der Waals surface area contributed by atoms with Crippen molar-refractivity contribution < 1.29 is 9.53 Å². The van der Waals surface area contributed by atoms with Gasteiger partial charge in [0.15, 0.2) is 0 Å². The number of carbonyl (C=O) groups excluding carboxylic acids is 1. The standard InChI is InChI=1S/C13H20ClN3O2/c1-13(2,9-14)12(18)16-10-7-15-17(8-10)11-3-5-19-6-4-11/h7-8,11H,3-6,9H2,1-2H3,(H,16,18). The zero-order valence-electron chi connectivity index (χ0n) is 11.4. The normalized spacial score (nSPS) is 17.4. The Hall–Kier alpha value is -1.07. The van der Waals surface area contributed by atoms with E-state index in [4.69, 9.17) is 16.3 Å². The van der Waals surface area contributed by atoms with Crippen LogP contribution in [-0.4, -0.2) is 34.8 Å². The maximum Gasteiger partial charge on any atom is 0.231 e. The molecule has 106 valence electrons. The van der Waals surface area contributed by atoms with Gasteiger partial charge < -0.3 is 10.1 Å². The Labute approximate surface area is 118 Å². The van der Waals surface area contributed by atoms with E-state index in [9.17, 15) is 4.79 Å². The zero-order valence-corrected chi connectivity index (χ0v) is 12.1. The van der Waals surface area contributed by atoms with Gasteiger partial charge in [0.25, 0.3) is 0 Å². The molecule has 0 aromatic carbocycles. The summed E-state index contributed by atoms with van der Waals surface area (Å²) < 4.78 is 7.23. The minimum Gasteiger partial charge on any atom is -0.381 e. The molecule has 0 bridgehead atoms. The van der Waals surface area contributed by atoms with E-state index in [1.807, 2.05) is 24.7 Å². The van der Waals surface area contributed by atoms with Crippen LogP contribution in [0.25, 0.3) is 0 Å². The molecule has 5 nitrogen and oxygen atoms in total. The Morgan fingerprint density at radius 2 is 2.26 bits per heavy atom. The van der Waals surface area contributed by atoms with E-state index in [1.165, 1.54) is 0 Å². The topological polar surface area (TPSA) is 56.2 Å². The monoisotopic (exact) mass is 285 g/mol. The average molecular weight is 286 g/mol. The van der Waals surface area contributed by atoms with Gasteiger partial charge in [-0.05, 0) is 26.7 Å². The van der Waals surface area contributed by atoms with E-state index >= 15 is 0 Å². The van der Waals surface area contributed by atoms with Crippen LogP contribution in [0.2, 0.25) is 0 Å². The number of nitrogens with one attached hydrogen (secondary N) is 1. The fourth-order valence-electron chi connectivity index (χ4n) is 1.91. The highest BCUT2D eigenvalue weighted by Gasteiger charge is 2.27. The molecule has 6 heteroatoms. The highest BCUT2D eigenvalue weighted by atomic mass is 35.5. The van der Waals surface area contributed by atoms with Crippen molar-refractivity contribution in [1.82, 2.24) is 9.78 Å². The first-order valence-corrected chi connectivity index (χ1v) is 7.06. The van der Waals surface area contributed by atoms with Crippen LogP contribution in [0.1, 0.15) is 32.7 Å². The molecular formula is C13H20ClN3O2. The average Bonchev–Trinajstić information content (AvgIpc) is 2.88.